The van der Waals surface area contributed by atoms with Crippen LogP contribution in [0.5, 0.6) is 11.5 Å². The van der Waals surface area contributed by atoms with Gasteiger partial charge in [0.25, 0.3) is 11.8 Å². The van der Waals surface area contributed by atoms with E-state index in [0.29, 0.717) is 34.5 Å². The summed E-state index contributed by atoms with van der Waals surface area (Å²) in [6.45, 7) is 0.0483. The van der Waals surface area contributed by atoms with E-state index in [2.05, 4.69) is 15.5 Å². The Morgan fingerprint density at radius 1 is 0.967 bits per heavy atom. The molecule has 0 atom stereocenters. The van der Waals surface area contributed by atoms with E-state index in [4.69, 9.17) is 14.0 Å². The largest absolute Gasteiger partial charge is 0.497 e. The maximum atomic E-state index is 12.7. The van der Waals surface area contributed by atoms with E-state index < -0.39 is 0 Å². The minimum atomic E-state index is -0.286. The third-order valence-corrected chi connectivity index (χ3v) is 4.33. The molecule has 0 radical (unpaired) electrons. The number of methoxy groups -OCH3 is 1. The normalized spacial score (nSPS) is 10.4. The third kappa shape index (κ3) is 4.47. The zero-order chi connectivity index (χ0) is 20.8. The summed E-state index contributed by atoms with van der Waals surface area (Å²) in [6.07, 6.45) is 0. The molecule has 4 aromatic rings. The van der Waals surface area contributed by atoms with E-state index in [9.17, 15) is 4.79 Å². The minimum Gasteiger partial charge on any atom is -0.497 e. The maximum Gasteiger partial charge on any atom is 0.264 e. The van der Waals surface area contributed by atoms with Gasteiger partial charge in [-0.15, -0.1) is 0 Å². The lowest BCUT2D eigenvalue weighted by molar-refractivity contribution is 0.102. The number of nitrogens with zero attached hydrogens (tertiary/aromatic N) is 2. The molecule has 0 aliphatic rings. The lowest BCUT2D eigenvalue weighted by atomic mass is 10.2. The molecule has 0 bridgehead atoms. The molecule has 4 rings (SSSR count). The first kappa shape index (κ1) is 19.2. The summed E-state index contributed by atoms with van der Waals surface area (Å²) >= 11 is 0. The second kappa shape index (κ2) is 8.91. The molecule has 7 heteroatoms. The number of ether oxygens (including phenoxy) is 2. The average molecular weight is 401 g/mol. The van der Waals surface area contributed by atoms with Crippen LogP contribution < -0.4 is 14.8 Å². The molecule has 1 heterocycles. The number of aromatic nitrogens is 2. The Hall–Kier alpha value is -4.13. The van der Waals surface area contributed by atoms with Gasteiger partial charge >= 0.3 is 0 Å². The van der Waals surface area contributed by atoms with Gasteiger partial charge in [0.1, 0.15) is 11.5 Å². The van der Waals surface area contributed by atoms with E-state index in [1.165, 1.54) is 0 Å². The van der Waals surface area contributed by atoms with Crippen LogP contribution >= 0.6 is 0 Å². The van der Waals surface area contributed by atoms with Crippen molar-refractivity contribution in [1.82, 2.24) is 10.1 Å². The molecule has 0 fully saturated rings. The number of carbonyl (C=O) groups is 1. The zero-order valence-corrected chi connectivity index (χ0v) is 16.2. The summed E-state index contributed by atoms with van der Waals surface area (Å²) in [6, 6.07) is 23.6. The Morgan fingerprint density at radius 3 is 2.47 bits per heavy atom. The molecule has 0 saturated carbocycles. The van der Waals surface area contributed by atoms with Gasteiger partial charge in [-0.1, -0.05) is 47.6 Å². The molecule has 0 unspecified atom stereocenters. The number of benzene rings is 3. The number of rotatable bonds is 7. The Bertz CT molecular complexity index is 1120. The summed E-state index contributed by atoms with van der Waals surface area (Å²) in [4.78, 5) is 17.1. The van der Waals surface area contributed by atoms with E-state index in [1.807, 2.05) is 30.3 Å². The second-order valence-electron chi connectivity index (χ2n) is 6.35. The molecule has 0 aliphatic carbocycles. The van der Waals surface area contributed by atoms with Crippen LogP contribution in [-0.4, -0.2) is 23.2 Å². The second-order valence-corrected chi connectivity index (χ2v) is 6.35. The topological polar surface area (TPSA) is 86.5 Å². The monoisotopic (exact) mass is 401 g/mol. The van der Waals surface area contributed by atoms with Crippen LogP contribution in [0.1, 0.15) is 16.2 Å². The van der Waals surface area contributed by atoms with Crippen LogP contribution in [0.2, 0.25) is 0 Å². The van der Waals surface area contributed by atoms with Gasteiger partial charge in [-0.05, 0) is 36.4 Å². The van der Waals surface area contributed by atoms with Crippen molar-refractivity contribution in [2.75, 3.05) is 12.4 Å². The molecular weight excluding hydrogens is 382 g/mol. The minimum absolute atomic E-state index is 0.0483. The molecule has 3 aromatic carbocycles. The first-order chi connectivity index (χ1) is 14.7. The number of hydrogen-bond acceptors (Lipinski definition) is 6. The van der Waals surface area contributed by atoms with Crippen LogP contribution in [0.4, 0.5) is 5.69 Å². The molecule has 30 heavy (non-hydrogen) atoms. The van der Waals surface area contributed by atoms with Crippen molar-refractivity contribution < 1.29 is 18.8 Å². The fourth-order valence-electron chi connectivity index (χ4n) is 2.81. The van der Waals surface area contributed by atoms with Gasteiger partial charge < -0.3 is 19.3 Å². The van der Waals surface area contributed by atoms with E-state index in [-0.39, 0.29) is 12.5 Å². The van der Waals surface area contributed by atoms with Gasteiger partial charge in [-0.2, -0.15) is 4.98 Å². The summed E-state index contributed by atoms with van der Waals surface area (Å²) in [5.74, 6) is 1.65. The quantitative estimate of drug-likeness (QED) is 0.488. The van der Waals surface area contributed by atoms with Gasteiger partial charge in [-0.25, -0.2) is 0 Å². The van der Waals surface area contributed by atoms with Crippen LogP contribution in [0.3, 0.4) is 0 Å². The summed E-state index contributed by atoms with van der Waals surface area (Å²) in [7, 11) is 1.59. The van der Waals surface area contributed by atoms with E-state index in [1.54, 1.807) is 55.6 Å². The van der Waals surface area contributed by atoms with Crippen LogP contribution in [0.15, 0.2) is 83.4 Å². The van der Waals surface area contributed by atoms with Crippen LogP contribution in [0.25, 0.3) is 11.4 Å². The van der Waals surface area contributed by atoms with Gasteiger partial charge in [0.2, 0.25) is 5.82 Å². The highest BCUT2D eigenvalue weighted by Crippen LogP contribution is 2.22. The number of para-hydroxylation sites is 1. The number of nitrogens with one attached hydrogen (secondary N) is 1. The standard InChI is InChI=1S/C23H19N3O4/c1-28-18-13-11-17(12-14-18)24-23(27)19-9-5-6-10-20(19)29-15-21-25-22(26-30-21)16-7-3-2-4-8-16/h2-14H,15H2,1H3,(H,24,27). The Labute approximate surface area is 173 Å². The first-order valence-electron chi connectivity index (χ1n) is 9.28. The predicted octanol–water partition coefficient (Wildman–Crippen LogP) is 4.58. The molecular formula is C23H19N3O4. The van der Waals surface area contributed by atoms with E-state index >= 15 is 0 Å². The van der Waals surface area contributed by atoms with Crippen LogP contribution in [0, 0.1) is 0 Å². The summed E-state index contributed by atoms with van der Waals surface area (Å²) < 4.78 is 16.2. The Morgan fingerprint density at radius 2 is 1.70 bits per heavy atom. The number of carbonyl (C=O) groups excluding carboxylic acids is 1. The molecule has 0 aliphatic heterocycles. The highest BCUT2D eigenvalue weighted by Gasteiger charge is 2.14. The lowest BCUT2D eigenvalue weighted by Gasteiger charge is -2.11. The Kier molecular flexibility index (Phi) is 5.70. The molecule has 1 N–H and O–H groups in total. The SMILES string of the molecule is COc1ccc(NC(=O)c2ccccc2OCc2nc(-c3ccccc3)no2)cc1. The van der Waals surface area contributed by atoms with Crippen LogP contribution in [-0.2, 0) is 6.61 Å². The lowest BCUT2D eigenvalue weighted by Crippen LogP contribution is -2.13. The van der Waals surface area contributed by atoms with Crippen molar-refractivity contribution in [3.63, 3.8) is 0 Å². The number of anilines is 1. The highest BCUT2D eigenvalue weighted by atomic mass is 16.5. The van der Waals surface area contributed by atoms with Gasteiger partial charge in [0.05, 0.1) is 12.7 Å². The van der Waals surface area contributed by atoms with Crippen molar-refractivity contribution in [1.29, 1.82) is 0 Å². The van der Waals surface area contributed by atoms with Crippen molar-refractivity contribution in [2.24, 2.45) is 0 Å². The van der Waals surface area contributed by atoms with Gasteiger partial charge in [0, 0.05) is 11.3 Å². The zero-order valence-electron chi connectivity index (χ0n) is 16.2. The smallest absolute Gasteiger partial charge is 0.264 e. The molecule has 150 valence electrons. The molecule has 0 spiro atoms. The maximum absolute atomic E-state index is 12.7. The fourth-order valence-corrected chi connectivity index (χ4v) is 2.81. The predicted molar refractivity (Wildman–Crippen MR) is 111 cm³/mol. The molecule has 1 amide bonds. The fraction of sp³-hybridized carbons (Fsp3) is 0.0870. The van der Waals surface area contributed by atoms with E-state index in [0.717, 1.165) is 5.56 Å². The Balaban J connectivity index is 1.44. The third-order valence-electron chi connectivity index (χ3n) is 4.33. The molecule has 1 aromatic heterocycles. The van der Waals surface area contributed by atoms with Gasteiger partial charge in [-0.3, -0.25) is 4.79 Å². The van der Waals surface area contributed by atoms with Crippen molar-refractivity contribution in [3.8, 4) is 22.9 Å². The van der Waals surface area contributed by atoms with Gasteiger partial charge in [0.15, 0.2) is 6.61 Å². The molecule has 0 saturated heterocycles. The molecule has 7 nitrogen and oxygen atoms in total. The highest BCUT2D eigenvalue weighted by molar-refractivity contribution is 6.06. The summed E-state index contributed by atoms with van der Waals surface area (Å²) in [5.41, 5.74) is 1.91. The average Bonchev–Trinajstić information content (AvgIpc) is 3.28. The summed E-state index contributed by atoms with van der Waals surface area (Å²) in [5, 5.41) is 6.82. The van der Waals surface area contributed by atoms with Crippen molar-refractivity contribution >= 4 is 11.6 Å². The number of amides is 1. The number of hydrogen-bond donors (Lipinski definition) is 1. The van der Waals surface area contributed by atoms with Crippen molar-refractivity contribution in [2.45, 2.75) is 6.61 Å². The first-order valence-corrected chi connectivity index (χ1v) is 9.28. The van der Waals surface area contributed by atoms with Crippen molar-refractivity contribution in [3.05, 3.63) is 90.3 Å².